The van der Waals surface area contributed by atoms with Gasteiger partial charge in [0.25, 0.3) is 5.91 Å². The Balaban J connectivity index is 2.15. The van der Waals surface area contributed by atoms with E-state index in [4.69, 9.17) is 11.6 Å². The van der Waals surface area contributed by atoms with Crippen LogP contribution in [0.2, 0.25) is 5.15 Å². The molecule has 2 aromatic rings. The Morgan fingerprint density at radius 1 is 1.56 bits per heavy atom. The number of imidazole rings is 1. The fraction of sp³-hybridized carbons (Fsp3) is 0.182. The minimum absolute atomic E-state index is 0.00456. The Morgan fingerprint density at radius 3 is 3.00 bits per heavy atom. The van der Waals surface area contributed by atoms with E-state index >= 15 is 0 Å². The maximum absolute atomic E-state index is 13.0. The maximum Gasteiger partial charge on any atom is 0.255 e. The molecule has 2 rings (SSSR count). The minimum atomic E-state index is -0.616. The number of H-pyrrole nitrogens is 1. The van der Waals surface area contributed by atoms with Crippen molar-refractivity contribution in [1.29, 1.82) is 0 Å². The highest BCUT2D eigenvalue weighted by Gasteiger charge is 2.16. The molecule has 94 valence electrons. The summed E-state index contributed by atoms with van der Waals surface area (Å²) in [4.78, 5) is 22.3. The molecule has 0 fully saturated rings. The summed E-state index contributed by atoms with van der Waals surface area (Å²) in [6.07, 6.45) is 4.18. The highest BCUT2D eigenvalue weighted by Crippen LogP contribution is 2.15. The lowest BCUT2D eigenvalue weighted by atomic mass is 10.2. The average Bonchev–Trinajstić information content (AvgIpc) is 2.85. The van der Waals surface area contributed by atoms with Gasteiger partial charge in [0, 0.05) is 12.4 Å². The smallest absolute Gasteiger partial charge is 0.255 e. The predicted molar refractivity (Wildman–Crippen MR) is 63.7 cm³/mol. The van der Waals surface area contributed by atoms with Gasteiger partial charge < -0.3 is 10.3 Å². The Kier molecular flexibility index (Phi) is 3.57. The molecule has 1 amide bonds. The summed E-state index contributed by atoms with van der Waals surface area (Å²) in [7, 11) is 0. The second-order valence-corrected chi connectivity index (χ2v) is 4.02. The molecule has 0 spiro atoms. The van der Waals surface area contributed by atoms with Gasteiger partial charge in [-0.05, 0) is 13.0 Å². The van der Waals surface area contributed by atoms with Crippen molar-refractivity contribution in [3.63, 3.8) is 0 Å². The van der Waals surface area contributed by atoms with Gasteiger partial charge in [0.15, 0.2) is 0 Å². The molecule has 2 aromatic heterocycles. The van der Waals surface area contributed by atoms with Crippen molar-refractivity contribution in [2.24, 2.45) is 0 Å². The number of hydrogen-bond acceptors (Lipinski definition) is 3. The van der Waals surface area contributed by atoms with Crippen molar-refractivity contribution in [3.8, 4) is 0 Å². The van der Waals surface area contributed by atoms with Crippen molar-refractivity contribution >= 4 is 17.5 Å². The molecule has 0 radical (unpaired) electrons. The number of nitrogens with zero attached hydrogens (tertiary/aromatic N) is 2. The number of carbonyl (C=O) groups is 1. The average molecular weight is 269 g/mol. The van der Waals surface area contributed by atoms with E-state index in [1.165, 1.54) is 0 Å². The molecule has 2 heterocycles. The van der Waals surface area contributed by atoms with E-state index in [2.05, 4.69) is 20.3 Å². The van der Waals surface area contributed by atoms with Gasteiger partial charge in [0.1, 0.15) is 16.8 Å². The molecule has 0 aliphatic rings. The molecular weight excluding hydrogens is 259 g/mol. The van der Waals surface area contributed by atoms with Gasteiger partial charge in [-0.15, -0.1) is 0 Å². The minimum Gasteiger partial charge on any atom is -0.347 e. The number of aromatic nitrogens is 3. The molecule has 2 N–H and O–H groups in total. The molecule has 1 unspecified atom stereocenters. The van der Waals surface area contributed by atoms with Crippen LogP contribution in [0.1, 0.15) is 29.1 Å². The standard InChI is InChI=1S/C11H10ClFN4O/c1-6(10-14-2-3-15-10)17-11(18)8-4-7(13)5-16-9(8)12/h2-6H,1H3,(H,14,15)(H,17,18). The van der Waals surface area contributed by atoms with Gasteiger partial charge in [0.05, 0.1) is 17.8 Å². The number of halogens is 2. The van der Waals surface area contributed by atoms with E-state index in [-0.39, 0.29) is 16.8 Å². The third kappa shape index (κ3) is 2.65. The molecule has 0 saturated carbocycles. The number of rotatable bonds is 3. The van der Waals surface area contributed by atoms with E-state index in [0.717, 1.165) is 12.3 Å². The third-order valence-electron chi connectivity index (χ3n) is 2.33. The topological polar surface area (TPSA) is 70.7 Å². The number of carbonyl (C=O) groups excluding carboxylic acids is 1. The molecule has 5 nitrogen and oxygen atoms in total. The third-order valence-corrected chi connectivity index (χ3v) is 2.63. The number of hydrogen-bond donors (Lipinski definition) is 2. The summed E-state index contributed by atoms with van der Waals surface area (Å²) in [6.45, 7) is 1.75. The predicted octanol–water partition coefficient (Wildman–Crippen LogP) is 2.09. The lowest BCUT2D eigenvalue weighted by Crippen LogP contribution is -2.27. The zero-order valence-electron chi connectivity index (χ0n) is 9.45. The maximum atomic E-state index is 13.0. The summed E-state index contributed by atoms with van der Waals surface area (Å²) in [6, 6.07) is 0.700. The molecule has 0 saturated heterocycles. The highest BCUT2D eigenvalue weighted by atomic mass is 35.5. The van der Waals surface area contributed by atoms with Crippen molar-refractivity contribution in [3.05, 3.63) is 47.0 Å². The molecule has 0 aliphatic carbocycles. The number of aromatic amines is 1. The number of pyridine rings is 1. The van der Waals surface area contributed by atoms with Crippen LogP contribution in [0.5, 0.6) is 0 Å². The zero-order chi connectivity index (χ0) is 13.1. The summed E-state index contributed by atoms with van der Waals surface area (Å²) < 4.78 is 13.0. The van der Waals surface area contributed by atoms with Crippen LogP contribution in [0.4, 0.5) is 4.39 Å². The van der Waals surface area contributed by atoms with Gasteiger partial charge in [0.2, 0.25) is 0 Å². The van der Waals surface area contributed by atoms with Crippen LogP contribution in [-0.2, 0) is 0 Å². The van der Waals surface area contributed by atoms with Crippen molar-refractivity contribution in [2.75, 3.05) is 0 Å². The Hall–Kier alpha value is -1.95. The molecular formula is C11H10ClFN4O. The lowest BCUT2D eigenvalue weighted by molar-refractivity contribution is 0.0937. The van der Waals surface area contributed by atoms with Crippen molar-refractivity contribution in [2.45, 2.75) is 13.0 Å². The van der Waals surface area contributed by atoms with Crippen LogP contribution in [0.15, 0.2) is 24.7 Å². The Bertz CT molecular complexity index is 558. The second kappa shape index (κ2) is 5.14. The van der Waals surface area contributed by atoms with Gasteiger partial charge in [-0.2, -0.15) is 0 Å². The molecule has 0 bridgehead atoms. The zero-order valence-corrected chi connectivity index (χ0v) is 10.2. The van der Waals surface area contributed by atoms with Crippen LogP contribution in [0, 0.1) is 5.82 Å². The van der Waals surface area contributed by atoms with Gasteiger partial charge in [-0.3, -0.25) is 4.79 Å². The fourth-order valence-electron chi connectivity index (χ4n) is 1.44. The van der Waals surface area contributed by atoms with Crippen LogP contribution < -0.4 is 5.32 Å². The molecule has 1 atom stereocenters. The lowest BCUT2D eigenvalue weighted by Gasteiger charge is -2.11. The summed E-state index contributed by atoms with van der Waals surface area (Å²) in [5.41, 5.74) is -0.00456. The fourth-order valence-corrected chi connectivity index (χ4v) is 1.63. The van der Waals surface area contributed by atoms with E-state index in [1.54, 1.807) is 19.3 Å². The number of nitrogens with one attached hydrogen (secondary N) is 2. The first kappa shape index (κ1) is 12.5. The normalized spacial score (nSPS) is 12.2. The largest absolute Gasteiger partial charge is 0.347 e. The second-order valence-electron chi connectivity index (χ2n) is 3.66. The Morgan fingerprint density at radius 2 is 2.33 bits per heavy atom. The van der Waals surface area contributed by atoms with E-state index in [1.807, 2.05) is 0 Å². The quantitative estimate of drug-likeness (QED) is 0.838. The summed E-state index contributed by atoms with van der Waals surface area (Å²) in [5.74, 6) is -0.519. The van der Waals surface area contributed by atoms with E-state index in [9.17, 15) is 9.18 Å². The first-order chi connectivity index (χ1) is 8.58. The highest BCUT2D eigenvalue weighted by molar-refractivity contribution is 6.32. The summed E-state index contributed by atoms with van der Waals surface area (Å²) in [5, 5.41) is 2.60. The van der Waals surface area contributed by atoms with E-state index < -0.39 is 11.7 Å². The molecule has 0 aromatic carbocycles. The van der Waals surface area contributed by atoms with Gasteiger partial charge >= 0.3 is 0 Å². The van der Waals surface area contributed by atoms with Crippen LogP contribution in [0.3, 0.4) is 0 Å². The SMILES string of the molecule is CC(NC(=O)c1cc(F)cnc1Cl)c1ncc[nH]1. The first-order valence-electron chi connectivity index (χ1n) is 5.19. The van der Waals surface area contributed by atoms with Crippen LogP contribution in [0.25, 0.3) is 0 Å². The van der Waals surface area contributed by atoms with Crippen molar-refractivity contribution < 1.29 is 9.18 Å². The Labute approximate surface area is 107 Å². The van der Waals surface area contributed by atoms with Gasteiger partial charge in [-0.25, -0.2) is 14.4 Å². The summed E-state index contributed by atoms with van der Waals surface area (Å²) >= 11 is 5.74. The van der Waals surface area contributed by atoms with Crippen LogP contribution >= 0.6 is 11.6 Å². The van der Waals surface area contributed by atoms with Gasteiger partial charge in [-0.1, -0.05) is 11.6 Å². The molecule has 18 heavy (non-hydrogen) atoms. The molecule has 0 aliphatic heterocycles. The number of amides is 1. The molecule has 7 heteroatoms. The van der Waals surface area contributed by atoms with Crippen LogP contribution in [-0.4, -0.2) is 20.9 Å². The van der Waals surface area contributed by atoms with Crippen molar-refractivity contribution in [1.82, 2.24) is 20.3 Å². The first-order valence-corrected chi connectivity index (χ1v) is 5.57. The monoisotopic (exact) mass is 268 g/mol. The van der Waals surface area contributed by atoms with E-state index in [0.29, 0.717) is 5.82 Å².